The summed E-state index contributed by atoms with van der Waals surface area (Å²) in [5, 5.41) is 4.90. The topological polar surface area (TPSA) is 28.7 Å². The number of nitrogens with one attached hydrogen (secondary N) is 1. The summed E-state index contributed by atoms with van der Waals surface area (Å²) in [5.74, 6) is 0. The Bertz CT molecular complexity index is 837. The van der Waals surface area contributed by atoms with Gasteiger partial charge in [-0.2, -0.15) is 0 Å². The van der Waals surface area contributed by atoms with Crippen LogP contribution in [0.1, 0.15) is 0 Å². The maximum atomic E-state index is 4.66. The highest BCUT2D eigenvalue weighted by atomic mass is 14.7. The van der Waals surface area contributed by atoms with Gasteiger partial charge in [-0.05, 0) is 35.0 Å². The van der Waals surface area contributed by atoms with Crippen LogP contribution in [0.4, 0.5) is 0 Å². The van der Waals surface area contributed by atoms with E-state index in [1.54, 1.807) is 0 Å². The third-order valence-electron chi connectivity index (χ3n) is 3.23. The Balaban J connectivity index is 2.28. The molecule has 0 amide bonds. The number of aromatic nitrogens is 2. The van der Waals surface area contributed by atoms with Crippen LogP contribution in [0, 0.1) is 0 Å². The summed E-state index contributed by atoms with van der Waals surface area (Å²) >= 11 is 0. The van der Waals surface area contributed by atoms with Crippen molar-refractivity contribution in [3.8, 4) is 0 Å². The number of benzene rings is 2. The van der Waals surface area contributed by atoms with E-state index in [4.69, 9.17) is 0 Å². The Morgan fingerprint density at radius 2 is 1.76 bits per heavy atom. The largest absolute Gasteiger partial charge is 0.367 e. The Morgan fingerprint density at radius 3 is 2.76 bits per heavy atom. The summed E-state index contributed by atoms with van der Waals surface area (Å²) in [5.41, 5.74) is 2.15. The van der Waals surface area contributed by atoms with Crippen LogP contribution in [0.3, 0.4) is 0 Å². The third kappa shape index (κ3) is 1.18. The second-order valence-electron chi connectivity index (χ2n) is 4.27. The number of aromatic amines is 1. The second-order valence-corrected chi connectivity index (χ2v) is 4.27. The van der Waals surface area contributed by atoms with E-state index in [2.05, 4.69) is 46.4 Å². The lowest BCUT2D eigenvalue weighted by atomic mass is 10.1. The number of hydrogen-bond acceptors (Lipinski definition) is 1. The highest BCUT2D eigenvalue weighted by molar-refractivity contribution is 6.11. The van der Waals surface area contributed by atoms with Crippen LogP contribution in [0.5, 0.6) is 0 Å². The number of para-hydroxylation sites is 1. The van der Waals surface area contributed by atoms with Crippen LogP contribution in [-0.2, 0) is 0 Å². The molecule has 0 aliphatic carbocycles. The van der Waals surface area contributed by atoms with E-state index in [0.717, 1.165) is 11.0 Å². The fraction of sp³-hybridized carbons (Fsp3) is 0. The van der Waals surface area contributed by atoms with Gasteiger partial charge in [-0.25, -0.2) is 4.98 Å². The Labute approximate surface area is 97.9 Å². The molecule has 0 bridgehead atoms. The smallest absolute Gasteiger partial charge is 0.0722 e. The zero-order valence-electron chi connectivity index (χ0n) is 9.14. The first kappa shape index (κ1) is 8.76. The van der Waals surface area contributed by atoms with Crippen molar-refractivity contribution in [2.75, 3.05) is 0 Å². The zero-order valence-corrected chi connectivity index (χ0v) is 9.14. The molecule has 0 aliphatic heterocycles. The van der Waals surface area contributed by atoms with Crippen molar-refractivity contribution in [3.63, 3.8) is 0 Å². The molecule has 2 heterocycles. The lowest BCUT2D eigenvalue weighted by Gasteiger charge is -1.97. The Kier molecular flexibility index (Phi) is 1.59. The molecule has 0 radical (unpaired) electrons. The van der Waals surface area contributed by atoms with Gasteiger partial charge in [-0.3, -0.25) is 0 Å². The van der Waals surface area contributed by atoms with Crippen molar-refractivity contribution in [2.24, 2.45) is 0 Å². The van der Waals surface area contributed by atoms with Crippen molar-refractivity contribution < 1.29 is 0 Å². The molecule has 0 atom stereocenters. The van der Waals surface area contributed by atoms with Crippen LogP contribution in [0.15, 0.2) is 54.9 Å². The fourth-order valence-corrected chi connectivity index (χ4v) is 2.40. The highest BCUT2D eigenvalue weighted by Crippen LogP contribution is 2.28. The Hall–Kier alpha value is -2.35. The van der Waals surface area contributed by atoms with Gasteiger partial charge >= 0.3 is 0 Å². The molecular formula is C15H10N2. The van der Waals surface area contributed by atoms with Gasteiger partial charge in [0.05, 0.1) is 11.0 Å². The maximum absolute atomic E-state index is 4.66. The van der Waals surface area contributed by atoms with Gasteiger partial charge in [-0.15, -0.1) is 0 Å². The molecule has 0 aliphatic rings. The molecule has 0 saturated carbocycles. The molecule has 17 heavy (non-hydrogen) atoms. The van der Waals surface area contributed by atoms with Crippen molar-refractivity contribution in [1.82, 2.24) is 9.97 Å². The minimum Gasteiger partial charge on any atom is -0.367 e. The minimum absolute atomic E-state index is 1.07. The molecule has 2 aromatic carbocycles. The molecule has 2 heteroatoms. The molecule has 2 nitrogen and oxygen atoms in total. The molecule has 1 N–H and O–H groups in total. The zero-order chi connectivity index (χ0) is 11.2. The maximum Gasteiger partial charge on any atom is 0.0722 e. The summed E-state index contributed by atoms with van der Waals surface area (Å²) < 4.78 is 0. The average Bonchev–Trinajstić information content (AvgIpc) is 2.73. The van der Waals surface area contributed by atoms with Crippen LogP contribution < -0.4 is 0 Å². The molecule has 4 rings (SSSR count). The van der Waals surface area contributed by atoms with Crippen molar-refractivity contribution in [1.29, 1.82) is 0 Å². The lowest BCUT2D eigenvalue weighted by molar-refractivity contribution is 1.37. The number of fused-ring (bicyclic) bond motifs is 4. The van der Waals surface area contributed by atoms with E-state index in [-0.39, 0.29) is 0 Å². The van der Waals surface area contributed by atoms with Gasteiger partial charge in [0.15, 0.2) is 0 Å². The van der Waals surface area contributed by atoms with Crippen molar-refractivity contribution >= 4 is 32.6 Å². The molecule has 0 spiro atoms. The van der Waals surface area contributed by atoms with Gasteiger partial charge in [0.25, 0.3) is 0 Å². The van der Waals surface area contributed by atoms with Gasteiger partial charge < -0.3 is 4.98 Å². The van der Waals surface area contributed by atoms with E-state index >= 15 is 0 Å². The normalized spacial score (nSPS) is 11.5. The molecule has 0 fully saturated rings. The summed E-state index contributed by atoms with van der Waals surface area (Å²) in [6.45, 7) is 0. The standard InChI is InChI=1S/C15H10N2/c1-2-4-14-12(3-1)13-7-11-9-16-6-5-10(11)8-15(13)17-14/h1-9,16H. The van der Waals surface area contributed by atoms with Gasteiger partial charge in [0.1, 0.15) is 0 Å². The average molecular weight is 218 g/mol. The molecular weight excluding hydrogens is 208 g/mol. The number of rotatable bonds is 0. The van der Waals surface area contributed by atoms with Crippen molar-refractivity contribution in [2.45, 2.75) is 0 Å². The molecule has 0 saturated heterocycles. The first-order chi connectivity index (χ1) is 8.42. The van der Waals surface area contributed by atoms with E-state index < -0.39 is 0 Å². The first-order valence-electron chi connectivity index (χ1n) is 5.67. The van der Waals surface area contributed by atoms with Crippen LogP contribution in [0.25, 0.3) is 32.6 Å². The van der Waals surface area contributed by atoms with E-state index in [0.29, 0.717) is 0 Å². The molecule has 4 aromatic rings. The monoisotopic (exact) mass is 218 g/mol. The summed E-state index contributed by atoms with van der Waals surface area (Å²) in [4.78, 5) is 7.78. The van der Waals surface area contributed by atoms with Crippen LogP contribution >= 0.6 is 0 Å². The SMILES string of the molecule is c1ccc2c(c1)nc1cc3cc[nH]cc3cc12. The minimum atomic E-state index is 1.07. The highest BCUT2D eigenvalue weighted by Gasteiger charge is 2.05. The summed E-state index contributed by atoms with van der Waals surface area (Å²) in [7, 11) is 0. The number of nitrogens with zero attached hydrogens (tertiary/aromatic N) is 1. The Morgan fingerprint density at radius 1 is 0.824 bits per heavy atom. The van der Waals surface area contributed by atoms with Gasteiger partial charge in [0, 0.05) is 23.2 Å². The van der Waals surface area contributed by atoms with Crippen LogP contribution in [0.2, 0.25) is 0 Å². The van der Waals surface area contributed by atoms with Crippen LogP contribution in [-0.4, -0.2) is 9.97 Å². The van der Waals surface area contributed by atoms with E-state index in [1.165, 1.54) is 21.5 Å². The van der Waals surface area contributed by atoms with Gasteiger partial charge in [0.2, 0.25) is 0 Å². The fourth-order valence-electron chi connectivity index (χ4n) is 2.40. The van der Waals surface area contributed by atoms with E-state index in [1.807, 2.05) is 18.5 Å². The predicted octanol–water partition coefficient (Wildman–Crippen LogP) is 3.87. The first-order valence-corrected chi connectivity index (χ1v) is 5.67. The summed E-state index contributed by atoms with van der Waals surface area (Å²) in [6, 6.07) is 14.7. The summed E-state index contributed by atoms with van der Waals surface area (Å²) in [6.07, 6.45) is 3.97. The molecule has 80 valence electrons. The quantitative estimate of drug-likeness (QED) is 0.477. The molecule has 2 aromatic heterocycles. The van der Waals surface area contributed by atoms with Crippen molar-refractivity contribution in [3.05, 3.63) is 54.9 Å². The number of H-pyrrole nitrogens is 1. The number of pyridine rings is 1. The van der Waals surface area contributed by atoms with Gasteiger partial charge in [-0.1, -0.05) is 18.2 Å². The predicted molar refractivity (Wildman–Crippen MR) is 71.1 cm³/mol. The lowest BCUT2D eigenvalue weighted by Crippen LogP contribution is -1.75. The third-order valence-corrected chi connectivity index (χ3v) is 3.23. The molecule has 0 unspecified atom stereocenters. The van der Waals surface area contributed by atoms with E-state index in [9.17, 15) is 0 Å². The second kappa shape index (κ2) is 3.08. The number of hydrogen-bond donors (Lipinski definition) is 1.